The maximum Gasteiger partial charge on any atom is 0.244 e. The molecule has 1 amide bonds. The van der Waals surface area contributed by atoms with E-state index in [0.29, 0.717) is 5.75 Å². The van der Waals surface area contributed by atoms with Crippen LogP contribution in [0.1, 0.15) is 25.5 Å². The van der Waals surface area contributed by atoms with E-state index in [1.54, 1.807) is 13.0 Å². The summed E-state index contributed by atoms with van der Waals surface area (Å²) in [4.78, 5) is 12.7. The Morgan fingerprint density at radius 3 is 2.41 bits per heavy atom. The van der Waals surface area contributed by atoms with Crippen LogP contribution in [0, 0.1) is 5.82 Å². The first-order chi connectivity index (χ1) is 12.6. The van der Waals surface area contributed by atoms with Crippen molar-refractivity contribution < 1.29 is 22.3 Å². The van der Waals surface area contributed by atoms with Gasteiger partial charge in [-0.15, -0.1) is 0 Å². The molecule has 6 nitrogen and oxygen atoms in total. The molecule has 0 heterocycles. The largest absolute Gasteiger partial charge is 0.496 e. The molecule has 8 heteroatoms. The van der Waals surface area contributed by atoms with Crippen molar-refractivity contribution >= 4 is 21.6 Å². The van der Waals surface area contributed by atoms with Gasteiger partial charge in [0.15, 0.2) is 0 Å². The van der Waals surface area contributed by atoms with Gasteiger partial charge in [0.25, 0.3) is 0 Å². The number of amides is 1. The second-order valence-corrected chi connectivity index (χ2v) is 8.05. The van der Waals surface area contributed by atoms with Gasteiger partial charge < -0.3 is 10.1 Å². The van der Waals surface area contributed by atoms with Crippen molar-refractivity contribution in [2.45, 2.75) is 25.9 Å². The molecule has 0 fully saturated rings. The van der Waals surface area contributed by atoms with E-state index in [2.05, 4.69) is 5.32 Å². The van der Waals surface area contributed by atoms with Crippen LogP contribution in [-0.2, 0) is 14.8 Å². The summed E-state index contributed by atoms with van der Waals surface area (Å²) in [6.07, 6.45) is 0.978. The van der Waals surface area contributed by atoms with E-state index in [0.717, 1.165) is 22.2 Å². The van der Waals surface area contributed by atoms with Crippen molar-refractivity contribution in [2.75, 3.05) is 17.7 Å². The Morgan fingerprint density at radius 2 is 1.81 bits per heavy atom. The number of sulfonamides is 1. The third-order valence-corrected chi connectivity index (χ3v) is 5.36. The quantitative estimate of drug-likeness (QED) is 0.784. The highest BCUT2D eigenvalue weighted by Crippen LogP contribution is 2.26. The molecule has 146 valence electrons. The molecular formula is C19H23FN2O4S. The number of nitrogens with one attached hydrogen (secondary N) is 1. The molecule has 0 radical (unpaired) electrons. The zero-order chi connectivity index (χ0) is 20.2. The van der Waals surface area contributed by atoms with Crippen LogP contribution in [0.25, 0.3) is 0 Å². The number of methoxy groups -OCH3 is 1. The number of carbonyl (C=O) groups is 1. The number of anilines is 1. The van der Waals surface area contributed by atoms with Crippen molar-refractivity contribution in [3.05, 3.63) is 59.9 Å². The van der Waals surface area contributed by atoms with Crippen LogP contribution in [0.2, 0.25) is 0 Å². The van der Waals surface area contributed by atoms with E-state index >= 15 is 0 Å². The van der Waals surface area contributed by atoms with Gasteiger partial charge in [-0.1, -0.05) is 24.3 Å². The van der Waals surface area contributed by atoms with Crippen molar-refractivity contribution in [1.82, 2.24) is 5.32 Å². The van der Waals surface area contributed by atoms with Crippen molar-refractivity contribution in [1.29, 1.82) is 0 Å². The molecule has 0 aliphatic rings. The number of hydrogen-bond donors (Lipinski definition) is 1. The highest BCUT2D eigenvalue weighted by molar-refractivity contribution is 7.92. The molecule has 0 aromatic heterocycles. The van der Waals surface area contributed by atoms with E-state index in [1.165, 1.54) is 32.2 Å². The van der Waals surface area contributed by atoms with Gasteiger partial charge in [-0.2, -0.15) is 0 Å². The number of nitrogens with zero attached hydrogens (tertiary/aromatic N) is 1. The Labute approximate surface area is 159 Å². The Hall–Kier alpha value is -2.61. The molecule has 2 atom stereocenters. The SMILES string of the molecule is COc1ccccc1[C@H](C)NC(=O)[C@@H](C)N(c1cccc(F)c1)S(C)(=O)=O. The minimum Gasteiger partial charge on any atom is -0.496 e. The van der Waals surface area contributed by atoms with E-state index in [-0.39, 0.29) is 5.69 Å². The Bertz CT molecular complexity index is 917. The lowest BCUT2D eigenvalue weighted by Crippen LogP contribution is -2.48. The van der Waals surface area contributed by atoms with Crippen LogP contribution in [0.4, 0.5) is 10.1 Å². The second-order valence-electron chi connectivity index (χ2n) is 6.19. The first-order valence-electron chi connectivity index (χ1n) is 8.33. The fourth-order valence-electron chi connectivity index (χ4n) is 2.86. The normalized spacial score (nSPS) is 13.5. The fourth-order valence-corrected chi connectivity index (χ4v) is 4.02. The van der Waals surface area contributed by atoms with E-state index in [4.69, 9.17) is 4.74 Å². The second kappa shape index (κ2) is 8.39. The zero-order valence-corrected chi connectivity index (χ0v) is 16.5. The molecule has 2 rings (SSSR count). The maximum atomic E-state index is 13.6. The van der Waals surface area contributed by atoms with Gasteiger partial charge in [0.05, 0.1) is 25.1 Å². The van der Waals surface area contributed by atoms with Crippen molar-refractivity contribution in [2.24, 2.45) is 0 Å². The predicted octanol–water partition coefficient (Wildman–Crippen LogP) is 2.87. The molecule has 1 N–H and O–H groups in total. The number of benzene rings is 2. The molecule has 2 aromatic carbocycles. The standard InChI is InChI=1S/C19H23FN2O4S/c1-13(17-10-5-6-11-18(17)26-3)21-19(23)14(2)22(27(4,24)25)16-9-7-8-15(20)12-16/h5-14H,1-4H3,(H,21,23)/t13-,14+/m0/s1. The number of carbonyl (C=O) groups excluding carboxylic acids is 1. The molecule has 0 aliphatic carbocycles. The molecular weight excluding hydrogens is 371 g/mol. The summed E-state index contributed by atoms with van der Waals surface area (Å²) in [5.74, 6) is -0.484. The summed E-state index contributed by atoms with van der Waals surface area (Å²) in [5, 5.41) is 2.79. The average Bonchev–Trinajstić information content (AvgIpc) is 2.60. The van der Waals surface area contributed by atoms with Gasteiger partial charge in [-0.3, -0.25) is 9.10 Å². The van der Waals surface area contributed by atoms with Crippen LogP contribution in [0.15, 0.2) is 48.5 Å². The van der Waals surface area contributed by atoms with Gasteiger partial charge in [0.2, 0.25) is 15.9 Å². The molecule has 0 spiro atoms. The Kier molecular flexibility index (Phi) is 6.43. The summed E-state index contributed by atoms with van der Waals surface area (Å²) in [7, 11) is -2.28. The van der Waals surface area contributed by atoms with Crippen LogP contribution in [0.5, 0.6) is 5.75 Å². The highest BCUT2D eigenvalue weighted by atomic mass is 32.2. The maximum absolute atomic E-state index is 13.6. The molecule has 0 unspecified atom stereocenters. The fraction of sp³-hybridized carbons (Fsp3) is 0.316. The van der Waals surface area contributed by atoms with Crippen LogP contribution >= 0.6 is 0 Å². The van der Waals surface area contributed by atoms with E-state index < -0.39 is 33.8 Å². The van der Waals surface area contributed by atoms with Crippen LogP contribution in [-0.4, -0.2) is 33.7 Å². The topological polar surface area (TPSA) is 75.7 Å². The number of rotatable bonds is 7. The summed E-state index contributed by atoms with van der Waals surface area (Å²) in [6.45, 7) is 3.23. The van der Waals surface area contributed by atoms with Gasteiger partial charge in [-0.25, -0.2) is 12.8 Å². The predicted molar refractivity (Wildman–Crippen MR) is 103 cm³/mol. The lowest BCUT2D eigenvalue weighted by molar-refractivity contribution is -0.122. The number of hydrogen-bond acceptors (Lipinski definition) is 4. The average molecular weight is 394 g/mol. The lowest BCUT2D eigenvalue weighted by atomic mass is 10.1. The van der Waals surface area contributed by atoms with E-state index in [1.807, 2.05) is 18.2 Å². The number of halogens is 1. The zero-order valence-electron chi connectivity index (χ0n) is 15.6. The molecule has 2 aromatic rings. The van der Waals surface area contributed by atoms with E-state index in [9.17, 15) is 17.6 Å². The minimum absolute atomic E-state index is 0.0881. The third-order valence-electron chi connectivity index (χ3n) is 4.12. The van der Waals surface area contributed by atoms with Gasteiger partial charge in [-0.05, 0) is 38.1 Å². The van der Waals surface area contributed by atoms with Crippen molar-refractivity contribution in [3.63, 3.8) is 0 Å². The summed E-state index contributed by atoms with van der Waals surface area (Å²) >= 11 is 0. The minimum atomic E-state index is -3.81. The van der Waals surface area contributed by atoms with Crippen molar-refractivity contribution in [3.8, 4) is 5.75 Å². The Balaban J connectivity index is 2.27. The molecule has 0 saturated heterocycles. The highest BCUT2D eigenvalue weighted by Gasteiger charge is 2.30. The van der Waals surface area contributed by atoms with Gasteiger partial charge in [0.1, 0.15) is 17.6 Å². The Morgan fingerprint density at radius 1 is 1.15 bits per heavy atom. The summed E-state index contributed by atoms with van der Waals surface area (Å²) in [6, 6.07) is 10.9. The first-order valence-corrected chi connectivity index (χ1v) is 10.2. The van der Waals surface area contributed by atoms with Crippen LogP contribution < -0.4 is 14.4 Å². The molecule has 0 saturated carbocycles. The monoisotopic (exact) mass is 394 g/mol. The van der Waals surface area contributed by atoms with Gasteiger partial charge >= 0.3 is 0 Å². The summed E-state index contributed by atoms with van der Waals surface area (Å²) < 4.78 is 44.3. The number of para-hydroxylation sites is 1. The van der Waals surface area contributed by atoms with Gasteiger partial charge in [0, 0.05) is 5.56 Å². The lowest BCUT2D eigenvalue weighted by Gasteiger charge is -2.29. The van der Waals surface area contributed by atoms with Crippen LogP contribution in [0.3, 0.4) is 0 Å². The summed E-state index contributed by atoms with van der Waals surface area (Å²) in [5.41, 5.74) is 0.849. The molecule has 27 heavy (non-hydrogen) atoms. The third kappa shape index (κ3) is 4.97. The smallest absolute Gasteiger partial charge is 0.244 e. The molecule has 0 bridgehead atoms. The molecule has 0 aliphatic heterocycles. The number of ether oxygens (including phenoxy) is 1. The first kappa shape index (κ1) is 20.7.